The van der Waals surface area contributed by atoms with Crippen LogP contribution >= 0.6 is 0 Å². The second-order valence-electron chi connectivity index (χ2n) is 6.53. The van der Waals surface area contributed by atoms with Crippen LogP contribution in [0.3, 0.4) is 0 Å². The fraction of sp³-hybridized carbons (Fsp3) is 0.286. The van der Waals surface area contributed by atoms with Crippen LogP contribution in [0.1, 0.15) is 18.5 Å². The number of nitrogens with zero attached hydrogens (tertiary/aromatic N) is 2. The van der Waals surface area contributed by atoms with Crippen LogP contribution in [0.25, 0.3) is 0 Å². The van der Waals surface area contributed by atoms with Crippen LogP contribution in [0.5, 0.6) is 0 Å². The molecule has 0 saturated carbocycles. The third kappa shape index (κ3) is 3.49. The maximum absolute atomic E-state index is 13.3. The minimum atomic E-state index is -0.947. The molecule has 5 heteroatoms. The first-order chi connectivity index (χ1) is 12.5. The molecule has 2 amide bonds. The zero-order valence-corrected chi connectivity index (χ0v) is 15.1. The van der Waals surface area contributed by atoms with Crippen LogP contribution in [-0.4, -0.2) is 42.0 Å². The van der Waals surface area contributed by atoms with Crippen LogP contribution < -0.4 is 4.90 Å². The topological polar surface area (TPSA) is 53.0 Å². The molecule has 1 heterocycles. The van der Waals surface area contributed by atoms with E-state index < -0.39 is 12.3 Å². The van der Waals surface area contributed by atoms with Gasteiger partial charge in [-0.1, -0.05) is 55.1 Å². The second-order valence-corrected chi connectivity index (χ2v) is 6.53. The summed E-state index contributed by atoms with van der Waals surface area (Å²) in [4.78, 5) is 16.5. The van der Waals surface area contributed by atoms with Crippen molar-refractivity contribution in [3.8, 4) is 0 Å². The van der Waals surface area contributed by atoms with E-state index in [2.05, 4.69) is 6.58 Å². The Morgan fingerprint density at radius 2 is 1.77 bits per heavy atom. The van der Waals surface area contributed by atoms with E-state index in [9.17, 15) is 9.90 Å². The Balaban J connectivity index is 1.95. The fourth-order valence-electron chi connectivity index (χ4n) is 3.12. The lowest BCUT2D eigenvalue weighted by Crippen LogP contribution is -2.49. The molecule has 2 aromatic rings. The minimum absolute atomic E-state index is 0.229. The van der Waals surface area contributed by atoms with Crippen molar-refractivity contribution in [3.05, 3.63) is 78.4 Å². The van der Waals surface area contributed by atoms with Crippen molar-refractivity contribution in [2.45, 2.75) is 25.3 Å². The van der Waals surface area contributed by atoms with E-state index in [0.29, 0.717) is 12.2 Å². The Morgan fingerprint density at radius 1 is 1.19 bits per heavy atom. The van der Waals surface area contributed by atoms with Gasteiger partial charge in [-0.3, -0.25) is 9.80 Å². The molecule has 1 N–H and O–H groups in total. The number of urea groups is 1. The second kappa shape index (κ2) is 7.72. The molecule has 0 radical (unpaired) electrons. The predicted molar refractivity (Wildman–Crippen MR) is 102 cm³/mol. The zero-order valence-electron chi connectivity index (χ0n) is 15.1. The van der Waals surface area contributed by atoms with Crippen molar-refractivity contribution in [1.29, 1.82) is 0 Å². The van der Waals surface area contributed by atoms with Gasteiger partial charge in [0.05, 0.1) is 12.6 Å². The molecule has 3 atom stereocenters. The van der Waals surface area contributed by atoms with Gasteiger partial charge in [0.1, 0.15) is 6.10 Å². The van der Waals surface area contributed by atoms with Crippen LogP contribution in [0.4, 0.5) is 10.5 Å². The van der Waals surface area contributed by atoms with Gasteiger partial charge in [0, 0.05) is 12.7 Å². The van der Waals surface area contributed by atoms with Gasteiger partial charge in [0.15, 0.2) is 6.23 Å². The average Bonchev–Trinajstić information content (AvgIpc) is 3.12. The minimum Gasteiger partial charge on any atom is -0.384 e. The van der Waals surface area contributed by atoms with Gasteiger partial charge in [-0.15, -0.1) is 0 Å². The molecule has 3 rings (SSSR count). The zero-order chi connectivity index (χ0) is 18.7. The van der Waals surface area contributed by atoms with Gasteiger partial charge in [0.2, 0.25) is 0 Å². The molecule has 5 nitrogen and oxygen atoms in total. The van der Waals surface area contributed by atoms with E-state index >= 15 is 0 Å². The highest BCUT2D eigenvalue weighted by molar-refractivity contribution is 5.92. The van der Waals surface area contributed by atoms with Crippen LogP contribution in [0.2, 0.25) is 0 Å². The first-order valence-corrected chi connectivity index (χ1v) is 8.61. The molecule has 136 valence electrons. The van der Waals surface area contributed by atoms with Crippen molar-refractivity contribution >= 4 is 11.7 Å². The molecule has 1 saturated heterocycles. The Kier molecular flexibility index (Phi) is 5.40. The van der Waals surface area contributed by atoms with Crippen LogP contribution in [0, 0.1) is 0 Å². The molecule has 2 aromatic carbocycles. The monoisotopic (exact) mass is 352 g/mol. The lowest BCUT2D eigenvalue weighted by molar-refractivity contribution is -0.0323. The lowest BCUT2D eigenvalue weighted by atomic mass is 10.1. The highest BCUT2D eigenvalue weighted by atomic mass is 16.5. The van der Waals surface area contributed by atoms with E-state index in [1.165, 1.54) is 0 Å². The largest absolute Gasteiger partial charge is 0.384 e. The van der Waals surface area contributed by atoms with Crippen LogP contribution in [-0.2, 0) is 4.74 Å². The number of amides is 2. The predicted octanol–water partition coefficient (Wildman–Crippen LogP) is 3.58. The molecule has 1 aliphatic heterocycles. The number of anilines is 1. The highest BCUT2D eigenvalue weighted by Gasteiger charge is 2.43. The SMILES string of the molecule is C=C(C)[C@@H](O)[C@@H]1OC[C@H](c2ccccc2)N1C(=O)N(C)c1ccccc1. The van der Waals surface area contributed by atoms with Gasteiger partial charge in [0.25, 0.3) is 0 Å². The van der Waals surface area contributed by atoms with Gasteiger partial charge in [-0.25, -0.2) is 4.79 Å². The number of aliphatic hydroxyl groups excluding tert-OH is 1. The number of benzene rings is 2. The summed E-state index contributed by atoms with van der Waals surface area (Å²) in [7, 11) is 1.72. The summed E-state index contributed by atoms with van der Waals surface area (Å²) in [5.74, 6) is 0. The van der Waals surface area contributed by atoms with Gasteiger partial charge in [-0.05, 0) is 30.2 Å². The average molecular weight is 352 g/mol. The summed E-state index contributed by atoms with van der Waals surface area (Å²) in [5.41, 5.74) is 2.31. The quantitative estimate of drug-likeness (QED) is 0.856. The molecule has 26 heavy (non-hydrogen) atoms. The Bertz CT molecular complexity index is 763. The normalized spacial score (nSPS) is 20.7. The number of rotatable bonds is 4. The highest BCUT2D eigenvalue weighted by Crippen LogP contribution is 2.34. The molecule has 0 aliphatic carbocycles. The third-order valence-electron chi connectivity index (χ3n) is 4.65. The number of para-hydroxylation sites is 1. The fourth-order valence-corrected chi connectivity index (χ4v) is 3.12. The van der Waals surface area contributed by atoms with Gasteiger partial charge in [-0.2, -0.15) is 0 Å². The van der Waals surface area contributed by atoms with Crippen molar-refractivity contribution < 1.29 is 14.6 Å². The number of carbonyl (C=O) groups is 1. The van der Waals surface area contributed by atoms with E-state index in [0.717, 1.165) is 11.3 Å². The summed E-state index contributed by atoms with van der Waals surface area (Å²) >= 11 is 0. The Morgan fingerprint density at radius 3 is 2.35 bits per heavy atom. The molecular formula is C21H24N2O3. The number of hydrogen-bond acceptors (Lipinski definition) is 3. The molecule has 0 unspecified atom stereocenters. The van der Waals surface area contributed by atoms with E-state index in [1.54, 1.807) is 23.8 Å². The first-order valence-electron chi connectivity index (χ1n) is 8.61. The molecule has 0 aromatic heterocycles. The van der Waals surface area contributed by atoms with E-state index in [1.807, 2.05) is 60.7 Å². The molecule has 0 bridgehead atoms. The number of aliphatic hydroxyl groups is 1. The Labute approximate surface area is 154 Å². The van der Waals surface area contributed by atoms with Crippen molar-refractivity contribution in [2.24, 2.45) is 0 Å². The molecule has 1 aliphatic rings. The van der Waals surface area contributed by atoms with E-state index in [-0.39, 0.29) is 12.1 Å². The van der Waals surface area contributed by atoms with Gasteiger partial charge >= 0.3 is 6.03 Å². The molecule has 0 spiro atoms. The van der Waals surface area contributed by atoms with Gasteiger partial charge < -0.3 is 9.84 Å². The maximum Gasteiger partial charge on any atom is 0.326 e. The summed E-state index contributed by atoms with van der Waals surface area (Å²) in [5, 5.41) is 10.5. The van der Waals surface area contributed by atoms with Crippen LogP contribution in [0.15, 0.2) is 72.8 Å². The summed E-state index contributed by atoms with van der Waals surface area (Å²) in [6.07, 6.45) is -1.71. The van der Waals surface area contributed by atoms with Crippen molar-refractivity contribution in [3.63, 3.8) is 0 Å². The number of ether oxygens (including phenoxy) is 1. The Hall–Kier alpha value is -2.63. The van der Waals surface area contributed by atoms with Crippen molar-refractivity contribution in [1.82, 2.24) is 4.90 Å². The third-order valence-corrected chi connectivity index (χ3v) is 4.65. The summed E-state index contributed by atoms with van der Waals surface area (Å²) < 4.78 is 5.83. The lowest BCUT2D eigenvalue weighted by Gasteiger charge is -2.34. The molecule has 1 fully saturated rings. The summed E-state index contributed by atoms with van der Waals surface area (Å²) in [6.45, 7) is 5.87. The summed E-state index contributed by atoms with van der Waals surface area (Å²) in [6, 6.07) is 18.6. The standard InChI is InChI=1S/C21H24N2O3/c1-15(2)19(24)20-23(18(14-26-20)16-10-6-4-7-11-16)21(25)22(3)17-12-8-5-9-13-17/h4-13,18-20,24H,1,14H2,2-3H3/t18-,19-,20+/m1/s1. The maximum atomic E-state index is 13.3. The number of hydrogen-bond donors (Lipinski definition) is 1. The first kappa shape index (κ1) is 18.2. The molecular weight excluding hydrogens is 328 g/mol. The number of carbonyl (C=O) groups excluding carboxylic acids is 1. The van der Waals surface area contributed by atoms with E-state index in [4.69, 9.17) is 4.74 Å². The smallest absolute Gasteiger partial charge is 0.326 e. The van der Waals surface area contributed by atoms with Crippen molar-refractivity contribution in [2.75, 3.05) is 18.6 Å².